The highest BCUT2D eigenvalue weighted by molar-refractivity contribution is 7.09. The molecule has 0 saturated heterocycles. The Kier molecular flexibility index (Phi) is 4.73. The van der Waals surface area contributed by atoms with Gasteiger partial charge in [-0.05, 0) is 30.5 Å². The highest BCUT2D eigenvalue weighted by atomic mass is 32.1. The fourth-order valence-electron chi connectivity index (χ4n) is 1.62. The van der Waals surface area contributed by atoms with E-state index in [1.807, 2.05) is 24.3 Å². The Balaban J connectivity index is 1.89. The summed E-state index contributed by atoms with van der Waals surface area (Å²) in [7, 11) is 0. The number of nitrogens with zero attached hydrogens (tertiary/aromatic N) is 1. The molecule has 18 heavy (non-hydrogen) atoms. The summed E-state index contributed by atoms with van der Waals surface area (Å²) in [4.78, 5) is 4.52. The normalized spacial score (nSPS) is 10.6. The van der Waals surface area contributed by atoms with E-state index >= 15 is 0 Å². The van der Waals surface area contributed by atoms with Crippen LogP contribution in [0.25, 0.3) is 0 Å². The predicted octanol–water partition coefficient (Wildman–Crippen LogP) is 3.13. The molecule has 0 amide bonds. The Hall–Kier alpha value is -1.39. The van der Waals surface area contributed by atoms with Crippen molar-refractivity contribution >= 4 is 11.3 Å². The Morgan fingerprint density at radius 2 is 2.06 bits per heavy atom. The molecule has 0 spiro atoms. The maximum Gasteiger partial charge on any atom is 0.131 e. The minimum Gasteiger partial charge on any atom is -0.487 e. The Labute approximate surface area is 112 Å². The summed E-state index contributed by atoms with van der Waals surface area (Å²) in [6.07, 6.45) is 2.18. The zero-order valence-corrected chi connectivity index (χ0v) is 11.4. The van der Waals surface area contributed by atoms with E-state index in [1.54, 1.807) is 11.3 Å². The second kappa shape index (κ2) is 6.52. The molecule has 1 aromatic heterocycles. The molecule has 0 fully saturated rings. The van der Waals surface area contributed by atoms with Gasteiger partial charge in [-0.2, -0.15) is 0 Å². The number of nitrogens with two attached hydrogens (primary N) is 1. The number of hydrogen-bond acceptors (Lipinski definition) is 4. The molecule has 3 nitrogen and oxygen atoms in total. The van der Waals surface area contributed by atoms with Gasteiger partial charge in [0.25, 0.3) is 0 Å². The van der Waals surface area contributed by atoms with E-state index in [0.29, 0.717) is 13.2 Å². The lowest BCUT2D eigenvalue weighted by molar-refractivity contribution is 0.302. The van der Waals surface area contributed by atoms with E-state index < -0.39 is 0 Å². The molecule has 0 radical (unpaired) electrons. The quantitative estimate of drug-likeness (QED) is 0.870. The molecule has 0 aliphatic heterocycles. The van der Waals surface area contributed by atoms with Crippen LogP contribution in [-0.2, 0) is 19.6 Å². The summed E-state index contributed by atoms with van der Waals surface area (Å²) in [6.45, 7) is 3.26. The first-order valence-corrected chi connectivity index (χ1v) is 7.05. The van der Waals surface area contributed by atoms with E-state index in [4.69, 9.17) is 10.5 Å². The molecule has 96 valence electrons. The second-order valence-corrected chi connectivity index (χ2v) is 5.06. The standard InChI is InChI=1S/C14H18N2OS/c1-2-3-14-16-12(10-18-14)9-17-13-6-4-11(8-15)5-7-13/h4-7,10H,2-3,8-9,15H2,1H3. The smallest absolute Gasteiger partial charge is 0.131 e. The fourth-order valence-corrected chi connectivity index (χ4v) is 2.51. The van der Waals surface area contributed by atoms with Crippen molar-refractivity contribution in [3.8, 4) is 5.75 Å². The first kappa shape index (κ1) is 13.1. The Bertz CT molecular complexity index is 479. The molecule has 2 rings (SSSR count). The lowest BCUT2D eigenvalue weighted by Crippen LogP contribution is -1.98. The first-order chi connectivity index (χ1) is 8.81. The third-order valence-corrected chi connectivity index (χ3v) is 3.57. The minimum atomic E-state index is 0.530. The number of thiazole rings is 1. The van der Waals surface area contributed by atoms with Crippen LogP contribution in [0.5, 0.6) is 5.75 Å². The number of benzene rings is 1. The highest BCUT2D eigenvalue weighted by Crippen LogP contribution is 2.16. The van der Waals surface area contributed by atoms with Crippen molar-refractivity contribution in [2.75, 3.05) is 0 Å². The van der Waals surface area contributed by atoms with Gasteiger partial charge in [-0.15, -0.1) is 11.3 Å². The van der Waals surface area contributed by atoms with Gasteiger partial charge >= 0.3 is 0 Å². The summed E-state index contributed by atoms with van der Waals surface area (Å²) in [6, 6.07) is 7.86. The van der Waals surface area contributed by atoms with Gasteiger partial charge in [-0.25, -0.2) is 4.98 Å². The molecule has 0 atom stereocenters. The van der Waals surface area contributed by atoms with Gasteiger partial charge in [0.15, 0.2) is 0 Å². The predicted molar refractivity (Wildman–Crippen MR) is 74.8 cm³/mol. The number of ether oxygens (including phenoxy) is 1. The molecule has 0 saturated carbocycles. The second-order valence-electron chi connectivity index (χ2n) is 4.12. The van der Waals surface area contributed by atoms with Gasteiger partial charge in [0.05, 0.1) is 10.7 Å². The van der Waals surface area contributed by atoms with Crippen molar-refractivity contribution in [3.05, 3.63) is 45.9 Å². The number of rotatable bonds is 6. The number of aryl methyl sites for hydroxylation is 1. The average molecular weight is 262 g/mol. The SMILES string of the molecule is CCCc1nc(COc2ccc(CN)cc2)cs1. The van der Waals surface area contributed by atoms with Crippen LogP contribution < -0.4 is 10.5 Å². The maximum atomic E-state index is 5.69. The van der Waals surface area contributed by atoms with Gasteiger partial charge in [-0.3, -0.25) is 0 Å². The van der Waals surface area contributed by atoms with Crippen molar-refractivity contribution < 1.29 is 4.74 Å². The third-order valence-electron chi connectivity index (χ3n) is 2.61. The molecule has 2 aromatic rings. The van der Waals surface area contributed by atoms with Crippen molar-refractivity contribution in [2.24, 2.45) is 5.73 Å². The maximum absolute atomic E-state index is 5.69. The lowest BCUT2D eigenvalue weighted by Gasteiger charge is -2.04. The fraction of sp³-hybridized carbons (Fsp3) is 0.357. The molecule has 1 aromatic carbocycles. The molecule has 0 aliphatic carbocycles. The average Bonchev–Trinajstić information content (AvgIpc) is 2.85. The van der Waals surface area contributed by atoms with Gasteiger partial charge in [0, 0.05) is 11.9 Å². The van der Waals surface area contributed by atoms with Gasteiger partial charge < -0.3 is 10.5 Å². The van der Waals surface area contributed by atoms with Crippen LogP contribution in [0.4, 0.5) is 0 Å². The topological polar surface area (TPSA) is 48.1 Å². The Morgan fingerprint density at radius 1 is 1.28 bits per heavy atom. The number of hydrogen-bond donors (Lipinski definition) is 1. The summed E-state index contributed by atoms with van der Waals surface area (Å²) >= 11 is 1.71. The molecule has 1 heterocycles. The molecule has 0 unspecified atom stereocenters. The van der Waals surface area contributed by atoms with E-state index in [2.05, 4.69) is 17.3 Å². The van der Waals surface area contributed by atoms with E-state index in [-0.39, 0.29) is 0 Å². The van der Waals surface area contributed by atoms with E-state index in [0.717, 1.165) is 29.8 Å². The largest absolute Gasteiger partial charge is 0.487 e. The van der Waals surface area contributed by atoms with Gasteiger partial charge in [0.2, 0.25) is 0 Å². The third kappa shape index (κ3) is 3.55. The molecular formula is C14H18N2OS. The van der Waals surface area contributed by atoms with E-state index in [1.165, 1.54) is 5.01 Å². The van der Waals surface area contributed by atoms with Gasteiger partial charge in [-0.1, -0.05) is 19.1 Å². The van der Waals surface area contributed by atoms with Crippen molar-refractivity contribution in [1.29, 1.82) is 0 Å². The molecule has 2 N–H and O–H groups in total. The Morgan fingerprint density at radius 3 is 2.72 bits per heavy atom. The summed E-state index contributed by atoms with van der Waals surface area (Å²) in [5.41, 5.74) is 7.66. The van der Waals surface area contributed by atoms with E-state index in [9.17, 15) is 0 Å². The van der Waals surface area contributed by atoms with Crippen LogP contribution in [0.3, 0.4) is 0 Å². The molecule has 0 aliphatic rings. The van der Waals surface area contributed by atoms with Crippen LogP contribution in [-0.4, -0.2) is 4.98 Å². The van der Waals surface area contributed by atoms with Crippen molar-refractivity contribution in [3.63, 3.8) is 0 Å². The zero-order valence-electron chi connectivity index (χ0n) is 10.6. The summed E-state index contributed by atoms with van der Waals surface area (Å²) in [5, 5.41) is 3.26. The summed E-state index contributed by atoms with van der Waals surface area (Å²) < 4.78 is 5.69. The van der Waals surface area contributed by atoms with Crippen LogP contribution in [0.2, 0.25) is 0 Å². The van der Waals surface area contributed by atoms with Crippen LogP contribution in [0.15, 0.2) is 29.6 Å². The lowest BCUT2D eigenvalue weighted by atomic mass is 10.2. The number of aromatic nitrogens is 1. The van der Waals surface area contributed by atoms with Crippen LogP contribution in [0.1, 0.15) is 29.6 Å². The first-order valence-electron chi connectivity index (χ1n) is 6.17. The summed E-state index contributed by atoms with van der Waals surface area (Å²) in [5.74, 6) is 0.859. The minimum absolute atomic E-state index is 0.530. The van der Waals surface area contributed by atoms with Crippen LogP contribution >= 0.6 is 11.3 Å². The van der Waals surface area contributed by atoms with Gasteiger partial charge in [0.1, 0.15) is 12.4 Å². The molecular weight excluding hydrogens is 244 g/mol. The molecule has 0 bridgehead atoms. The van der Waals surface area contributed by atoms with Crippen molar-refractivity contribution in [2.45, 2.75) is 32.9 Å². The van der Waals surface area contributed by atoms with Crippen LogP contribution in [0, 0.1) is 0 Å². The zero-order chi connectivity index (χ0) is 12.8. The van der Waals surface area contributed by atoms with Crippen molar-refractivity contribution in [1.82, 2.24) is 4.98 Å². The highest BCUT2D eigenvalue weighted by Gasteiger charge is 2.02. The monoisotopic (exact) mass is 262 g/mol. The molecule has 4 heteroatoms.